The van der Waals surface area contributed by atoms with Crippen LogP contribution in [0, 0.1) is 11.3 Å². The fourth-order valence-corrected chi connectivity index (χ4v) is 3.21. The summed E-state index contributed by atoms with van der Waals surface area (Å²) >= 11 is 7.37. The Morgan fingerprint density at radius 1 is 1.20 bits per heavy atom. The maximum Gasteiger partial charge on any atom is 0.136 e. The Labute approximate surface area is 156 Å². The SMILES string of the molecule is CCc1ccc(N/C=C(/C#N)c2nc(-c3ccc(Cl)cc3)cs2)cc1. The molecule has 0 unspecified atom stereocenters. The van der Waals surface area contributed by atoms with E-state index in [0.717, 1.165) is 23.4 Å². The number of nitriles is 1. The van der Waals surface area contributed by atoms with Gasteiger partial charge in [-0.25, -0.2) is 4.98 Å². The summed E-state index contributed by atoms with van der Waals surface area (Å²) in [5.74, 6) is 0. The molecule has 124 valence electrons. The van der Waals surface area contributed by atoms with E-state index in [1.807, 2.05) is 41.8 Å². The molecule has 0 aliphatic heterocycles. The van der Waals surface area contributed by atoms with Crippen LogP contribution in [0.5, 0.6) is 0 Å². The van der Waals surface area contributed by atoms with Crippen molar-refractivity contribution in [2.75, 3.05) is 5.32 Å². The standard InChI is InChI=1S/C20H16ClN3S/c1-2-14-3-9-18(10-4-14)23-12-16(11-22)20-24-19(13-25-20)15-5-7-17(21)8-6-15/h3-10,12-13,23H,2H2,1H3/b16-12-. The molecule has 1 aromatic heterocycles. The molecule has 0 radical (unpaired) electrons. The first-order valence-electron chi connectivity index (χ1n) is 7.87. The lowest BCUT2D eigenvalue weighted by Crippen LogP contribution is -1.91. The number of hydrogen-bond donors (Lipinski definition) is 1. The van der Waals surface area contributed by atoms with E-state index in [2.05, 4.69) is 35.4 Å². The minimum Gasteiger partial charge on any atom is -0.360 e. The maximum absolute atomic E-state index is 9.45. The van der Waals surface area contributed by atoms with Crippen LogP contribution in [0.4, 0.5) is 5.69 Å². The van der Waals surface area contributed by atoms with E-state index in [1.165, 1.54) is 16.9 Å². The van der Waals surface area contributed by atoms with E-state index in [1.54, 1.807) is 6.20 Å². The summed E-state index contributed by atoms with van der Waals surface area (Å²) < 4.78 is 0. The minimum atomic E-state index is 0.504. The van der Waals surface area contributed by atoms with Gasteiger partial charge in [0.25, 0.3) is 0 Å². The van der Waals surface area contributed by atoms with Crippen molar-refractivity contribution in [2.45, 2.75) is 13.3 Å². The monoisotopic (exact) mass is 365 g/mol. The van der Waals surface area contributed by atoms with Crippen molar-refractivity contribution in [1.82, 2.24) is 4.98 Å². The normalized spacial score (nSPS) is 11.2. The lowest BCUT2D eigenvalue weighted by atomic mass is 10.1. The number of thiazole rings is 1. The van der Waals surface area contributed by atoms with Gasteiger partial charge in [-0.05, 0) is 36.2 Å². The predicted molar refractivity (Wildman–Crippen MR) is 106 cm³/mol. The van der Waals surface area contributed by atoms with Crippen LogP contribution < -0.4 is 5.32 Å². The van der Waals surface area contributed by atoms with E-state index >= 15 is 0 Å². The number of aromatic nitrogens is 1. The highest BCUT2D eigenvalue weighted by Gasteiger charge is 2.09. The van der Waals surface area contributed by atoms with Crippen LogP contribution >= 0.6 is 22.9 Å². The Morgan fingerprint density at radius 2 is 1.92 bits per heavy atom. The molecule has 3 rings (SSSR count). The van der Waals surface area contributed by atoms with Crippen LogP contribution in [-0.4, -0.2) is 4.98 Å². The van der Waals surface area contributed by atoms with Crippen molar-refractivity contribution >= 4 is 34.2 Å². The smallest absolute Gasteiger partial charge is 0.136 e. The number of benzene rings is 2. The maximum atomic E-state index is 9.45. The highest BCUT2D eigenvalue weighted by atomic mass is 35.5. The van der Waals surface area contributed by atoms with Gasteiger partial charge in [-0.1, -0.05) is 42.8 Å². The Hall–Kier alpha value is -2.61. The molecule has 0 atom stereocenters. The fourth-order valence-electron chi connectivity index (χ4n) is 2.28. The molecule has 1 N–H and O–H groups in total. The summed E-state index contributed by atoms with van der Waals surface area (Å²) in [6.07, 6.45) is 2.71. The Kier molecular flexibility index (Phi) is 5.49. The van der Waals surface area contributed by atoms with Gasteiger partial charge in [0.05, 0.1) is 5.69 Å². The second-order valence-electron chi connectivity index (χ2n) is 5.41. The topological polar surface area (TPSA) is 48.7 Å². The summed E-state index contributed by atoms with van der Waals surface area (Å²) in [6, 6.07) is 17.9. The van der Waals surface area contributed by atoms with E-state index in [9.17, 15) is 5.26 Å². The van der Waals surface area contributed by atoms with E-state index in [-0.39, 0.29) is 0 Å². The molecule has 5 heteroatoms. The largest absolute Gasteiger partial charge is 0.360 e. The number of rotatable bonds is 5. The van der Waals surface area contributed by atoms with Crippen LogP contribution in [-0.2, 0) is 6.42 Å². The van der Waals surface area contributed by atoms with Gasteiger partial charge in [-0.15, -0.1) is 11.3 Å². The minimum absolute atomic E-state index is 0.504. The molecule has 0 fully saturated rings. The number of allylic oxidation sites excluding steroid dienone is 1. The molecule has 0 bridgehead atoms. The van der Waals surface area contributed by atoms with E-state index in [0.29, 0.717) is 15.6 Å². The summed E-state index contributed by atoms with van der Waals surface area (Å²) in [7, 11) is 0. The third-order valence-electron chi connectivity index (χ3n) is 3.74. The van der Waals surface area contributed by atoms with Crippen molar-refractivity contribution in [3.8, 4) is 17.3 Å². The van der Waals surface area contributed by atoms with Gasteiger partial charge in [0.1, 0.15) is 16.6 Å². The zero-order chi connectivity index (χ0) is 17.6. The first-order chi connectivity index (χ1) is 12.2. The third kappa shape index (κ3) is 4.27. The molecule has 0 aliphatic carbocycles. The number of nitrogens with zero attached hydrogens (tertiary/aromatic N) is 2. The van der Waals surface area contributed by atoms with Gasteiger partial charge in [0.2, 0.25) is 0 Å². The van der Waals surface area contributed by atoms with Gasteiger partial charge in [-0.3, -0.25) is 0 Å². The number of halogens is 1. The van der Waals surface area contributed by atoms with Crippen molar-refractivity contribution in [3.63, 3.8) is 0 Å². The Bertz CT molecular complexity index is 919. The Balaban J connectivity index is 1.78. The first kappa shape index (κ1) is 17.2. The van der Waals surface area contributed by atoms with Gasteiger partial charge < -0.3 is 5.32 Å². The molecule has 0 saturated heterocycles. The molecule has 2 aromatic carbocycles. The molecular formula is C20H16ClN3S. The number of aryl methyl sites for hydroxylation is 1. The predicted octanol–water partition coefficient (Wildman–Crippen LogP) is 6.00. The lowest BCUT2D eigenvalue weighted by molar-refractivity contribution is 1.14. The highest BCUT2D eigenvalue weighted by molar-refractivity contribution is 7.11. The Morgan fingerprint density at radius 3 is 2.56 bits per heavy atom. The molecule has 3 aromatic rings. The number of nitrogens with one attached hydrogen (secondary N) is 1. The molecular weight excluding hydrogens is 350 g/mol. The van der Waals surface area contributed by atoms with Crippen LogP contribution in [0.25, 0.3) is 16.8 Å². The lowest BCUT2D eigenvalue weighted by Gasteiger charge is -2.03. The molecule has 0 spiro atoms. The van der Waals surface area contributed by atoms with Crippen LogP contribution in [0.1, 0.15) is 17.5 Å². The second kappa shape index (κ2) is 7.98. The summed E-state index contributed by atoms with van der Waals surface area (Å²) in [5.41, 5.74) is 4.55. The van der Waals surface area contributed by atoms with Crippen molar-refractivity contribution in [3.05, 3.63) is 75.7 Å². The van der Waals surface area contributed by atoms with Crippen molar-refractivity contribution in [1.29, 1.82) is 5.26 Å². The summed E-state index contributed by atoms with van der Waals surface area (Å²) in [5, 5.41) is 15.9. The van der Waals surface area contributed by atoms with Crippen molar-refractivity contribution in [2.24, 2.45) is 0 Å². The van der Waals surface area contributed by atoms with Crippen LogP contribution in [0.15, 0.2) is 60.1 Å². The average Bonchev–Trinajstić information content (AvgIpc) is 3.13. The van der Waals surface area contributed by atoms with Crippen LogP contribution in [0.3, 0.4) is 0 Å². The fraction of sp³-hybridized carbons (Fsp3) is 0.100. The summed E-state index contributed by atoms with van der Waals surface area (Å²) in [6.45, 7) is 2.12. The van der Waals surface area contributed by atoms with Crippen LogP contribution in [0.2, 0.25) is 5.02 Å². The molecule has 0 aliphatic rings. The average molecular weight is 366 g/mol. The van der Waals surface area contributed by atoms with Gasteiger partial charge >= 0.3 is 0 Å². The third-order valence-corrected chi connectivity index (χ3v) is 4.87. The highest BCUT2D eigenvalue weighted by Crippen LogP contribution is 2.27. The van der Waals surface area contributed by atoms with E-state index < -0.39 is 0 Å². The first-order valence-corrected chi connectivity index (χ1v) is 9.13. The number of anilines is 1. The molecule has 25 heavy (non-hydrogen) atoms. The number of hydrogen-bond acceptors (Lipinski definition) is 4. The molecule has 0 amide bonds. The van der Waals surface area contributed by atoms with Crippen molar-refractivity contribution < 1.29 is 0 Å². The van der Waals surface area contributed by atoms with Gasteiger partial charge in [-0.2, -0.15) is 5.26 Å². The molecule has 3 nitrogen and oxygen atoms in total. The zero-order valence-electron chi connectivity index (χ0n) is 13.7. The van der Waals surface area contributed by atoms with Gasteiger partial charge in [0, 0.05) is 27.9 Å². The van der Waals surface area contributed by atoms with Gasteiger partial charge in [0.15, 0.2) is 0 Å². The molecule has 0 saturated carbocycles. The second-order valence-corrected chi connectivity index (χ2v) is 6.70. The zero-order valence-corrected chi connectivity index (χ0v) is 15.2. The molecule has 1 heterocycles. The van der Waals surface area contributed by atoms with E-state index in [4.69, 9.17) is 11.6 Å². The quantitative estimate of drug-likeness (QED) is 0.564. The summed E-state index contributed by atoms with van der Waals surface area (Å²) in [4.78, 5) is 4.57.